The molecule has 2 unspecified atom stereocenters. The summed E-state index contributed by atoms with van der Waals surface area (Å²) >= 11 is 0. The maximum absolute atomic E-state index is 12.9. The lowest BCUT2D eigenvalue weighted by Gasteiger charge is -2.35. The van der Waals surface area contributed by atoms with Crippen LogP contribution in [0, 0.1) is 5.41 Å². The molecule has 12 heteroatoms. The third-order valence-corrected chi connectivity index (χ3v) is 7.87. The second-order valence-corrected chi connectivity index (χ2v) is 11.2. The Balaban J connectivity index is 1.36. The number of urea groups is 1. The van der Waals surface area contributed by atoms with Crippen LogP contribution in [0.2, 0.25) is 0 Å². The highest BCUT2D eigenvalue weighted by Gasteiger charge is 2.29. The summed E-state index contributed by atoms with van der Waals surface area (Å²) in [6.45, 7) is 6.36. The van der Waals surface area contributed by atoms with Crippen molar-refractivity contribution in [3.63, 3.8) is 0 Å². The molecular weight excluding hydrogens is 576 g/mol. The van der Waals surface area contributed by atoms with Crippen molar-refractivity contribution in [2.45, 2.75) is 38.5 Å². The highest BCUT2D eigenvalue weighted by Crippen LogP contribution is 2.33. The van der Waals surface area contributed by atoms with Gasteiger partial charge in [-0.3, -0.25) is 15.1 Å². The summed E-state index contributed by atoms with van der Waals surface area (Å²) in [6, 6.07) is 17.6. The van der Waals surface area contributed by atoms with Gasteiger partial charge in [-0.1, -0.05) is 56.3 Å². The number of nitrogens with one attached hydrogen (secondary N) is 2. The Labute approximate surface area is 262 Å². The molecule has 6 N–H and O–H groups in total. The molecular formula is C33H40N6O6. The molecule has 4 rings (SSSR count). The number of anilines is 1. The first kappa shape index (κ1) is 33.0. The van der Waals surface area contributed by atoms with Crippen LogP contribution in [-0.2, 0) is 16.1 Å². The minimum Gasteiger partial charge on any atom is -0.508 e. The van der Waals surface area contributed by atoms with Crippen molar-refractivity contribution >= 4 is 29.9 Å². The summed E-state index contributed by atoms with van der Waals surface area (Å²) < 4.78 is 5.59. The van der Waals surface area contributed by atoms with Gasteiger partial charge in [0.15, 0.2) is 12.4 Å². The second-order valence-electron chi connectivity index (χ2n) is 11.2. The number of rotatable bonds is 10. The van der Waals surface area contributed by atoms with E-state index in [1.54, 1.807) is 24.1 Å². The largest absolute Gasteiger partial charge is 0.508 e. The van der Waals surface area contributed by atoms with E-state index in [2.05, 4.69) is 10.2 Å². The van der Waals surface area contributed by atoms with Crippen molar-refractivity contribution in [3.05, 3.63) is 89.0 Å². The van der Waals surface area contributed by atoms with Crippen LogP contribution in [-0.4, -0.2) is 83.6 Å². The second kappa shape index (κ2) is 14.7. The molecule has 0 radical (unpaired) electrons. The van der Waals surface area contributed by atoms with Crippen molar-refractivity contribution in [3.8, 4) is 11.5 Å². The Morgan fingerprint density at radius 2 is 1.67 bits per heavy atom. The van der Waals surface area contributed by atoms with E-state index in [0.29, 0.717) is 50.3 Å². The van der Waals surface area contributed by atoms with Gasteiger partial charge in [-0.25, -0.2) is 14.5 Å². The zero-order valence-electron chi connectivity index (χ0n) is 25.6. The zero-order valence-corrected chi connectivity index (χ0v) is 25.6. The van der Waals surface area contributed by atoms with Crippen molar-refractivity contribution in [1.82, 2.24) is 15.1 Å². The monoisotopic (exact) mass is 616 g/mol. The number of likely N-dealkylation sites (N-methyl/N-ethyl adjacent to an activating group) is 1. The Hall–Kier alpha value is -4.94. The summed E-state index contributed by atoms with van der Waals surface area (Å²) in [5, 5.41) is 32.3. The van der Waals surface area contributed by atoms with E-state index in [1.807, 2.05) is 56.3 Å². The van der Waals surface area contributed by atoms with Crippen LogP contribution in [0.4, 0.5) is 15.3 Å². The number of carbonyl (C=O) groups is 3. The van der Waals surface area contributed by atoms with E-state index < -0.39 is 24.3 Å². The number of carbonyl (C=O) groups excluding carboxylic acids is 3. The molecule has 3 aromatic rings. The molecule has 0 aromatic heterocycles. The smallest absolute Gasteiger partial charge is 0.410 e. The van der Waals surface area contributed by atoms with Gasteiger partial charge >= 0.3 is 12.1 Å². The number of hydrogen-bond acceptors (Lipinski definition) is 9. The number of phenolic OH excluding ortho intramolecular Hbond substituents is 2. The number of amidine groups is 1. The number of nitrogens with zero attached hydrogens (tertiary/aromatic N) is 3. The van der Waals surface area contributed by atoms with Gasteiger partial charge in [0.2, 0.25) is 0 Å². The van der Waals surface area contributed by atoms with Gasteiger partial charge in [0.05, 0.1) is 17.3 Å². The van der Waals surface area contributed by atoms with E-state index >= 15 is 0 Å². The van der Waals surface area contributed by atoms with Gasteiger partial charge in [0, 0.05) is 38.8 Å². The van der Waals surface area contributed by atoms with E-state index in [-0.39, 0.29) is 28.8 Å². The SMILES string of the molecule is CNC(c1ccccc1)C(C=O)OC(=O)N1CCN(Cc2ccc(N(C(=N)c3cc(C(C)C)c(O)cc3O)C(N)=O)cc2)CC1. The standard InChI is InChI=1S/C33H40N6O6/c1-21(2)25-17-26(28(42)18-27(25)41)31(34)39(32(35)43)24-11-9-22(10-12-24)19-37-13-15-38(16-14-37)33(44)45-29(20-40)30(36-3)23-7-5-4-6-8-23/h4-12,17-18,20-21,29-30,34,36,41-42H,13-16,19H2,1-3H3,(H2,35,43). The van der Waals surface area contributed by atoms with Crippen LogP contribution in [0.25, 0.3) is 0 Å². The minimum atomic E-state index is -0.974. The molecule has 1 aliphatic rings. The number of aldehydes is 1. The Bertz CT molecular complexity index is 1510. The molecule has 2 atom stereocenters. The van der Waals surface area contributed by atoms with Crippen LogP contribution in [0.5, 0.6) is 11.5 Å². The first-order valence-electron chi connectivity index (χ1n) is 14.7. The van der Waals surface area contributed by atoms with Crippen LogP contribution in [0.15, 0.2) is 66.7 Å². The summed E-state index contributed by atoms with van der Waals surface area (Å²) in [5.41, 5.74) is 8.38. The first-order chi connectivity index (χ1) is 21.5. The molecule has 0 saturated carbocycles. The molecule has 0 bridgehead atoms. The van der Waals surface area contributed by atoms with Gasteiger partial charge < -0.3 is 30.9 Å². The van der Waals surface area contributed by atoms with Crippen molar-refractivity contribution < 1.29 is 29.3 Å². The Morgan fingerprint density at radius 3 is 2.22 bits per heavy atom. The zero-order chi connectivity index (χ0) is 32.7. The van der Waals surface area contributed by atoms with Gasteiger partial charge in [-0.15, -0.1) is 0 Å². The number of ether oxygens (including phenoxy) is 1. The quantitative estimate of drug-likeness (QED) is 0.130. The van der Waals surface area contributed by atoms with Gasteiger partial charge in [0.1, 0.15) is 17.3 Å². The number of aromatic hydroxyl groups is 2. The minimum absolute atomic E-state index is 0.0665. The molecule has 1 aliphatic heterocycles. The van der Waals surface area contributed by atoms with E-state index in [9.17, 15) is 24.6 Å². The molecule has 1 fully saturated rings. The number of hydrogen-bond donors (Lipinski definition) is 5. The van der Waals surface area contributed by atoms with Crippen LogP contribution >= 0.6 is 0 Å². The number of phenols is 2. The van der Waals surface area contributed by atoms with Crippen molar-refractivity contribution in [2.24, 2.45) is 5.73 Å². The molecule has 1 heterocycles. The third kappa shape index (κ3) is 7.78. The molecule has 0 aliphatic carbocycles. The van der Waals surface area contributed by atoms with Crippen molar-refractivity contribution in [1.29, 1.82) is 5.41 Å². The lowest BCUT2D eigenvalue weighted by atomic mass is 9.98. The van der Waals surface area contributed by atoms with Crippen LogP contribution < -0.4 is 16.0 Å². The topological polar surface area (TPSA) is 173 Å². The number of primary amides is 1. The highest BCUT2D eigenvalue weighted by molar-refractivity contribution is 6.22. The van der Waals surface area contributed by atoms with E-state index in [1.165, 1.54) is 6.07 Å². The predicted molar refractivity (Wildman–Crippen MR) is 171 cm³/mol. The molecule has 1 saturated heterocycles. The highest BCUT2D eigenvalue weighted by atomic mass is 16.6. The lowest BCUT2D eigenvalue weighted by Crippen LogP contribution is -2.49. The molecule has 3 aromatic carbocycles. The molecule has 238 valence electrons. The van der Waals surface area contributed by atoms with Crippen molar-refractivity contribution in [2.75, 3.05) is 38.1 Å². The summed E-state index contributed by atoms with van der Waals surface area (Å²) in [5.74, 6) is -0.834. The normalized spacial score (nSPS) is 14.9. The molecule has 45 heavy (non-hydrogen) atoms. The number of amides is 3. The average molecular weight is 617 g/mol. The first-order valence-corrected chi connectivity index (χ1v) is 14.7. The van der Waals surface area contributed by atoms with Gasteiger partial charge in [-0.2, -0.15) is 0 Å². The third-order valence-electron chi connectivity index (χ3n) is 7.87. The summed E-state index contributed by atoms with van der Waals surface area (Å²) in [4.78, 5) is 41.9. The maximum Gasteiger partial charge on any atom is 0.410 e. The fourth-order valence-electron chi connectivity index (χ4n) is 5.38. The van der Waals surface area contributed by atoms with Crippen LogP contribution in [0.3, 0.4) is 0 Å². The summed E-state index contributed by atoms with van der Waals surface area (Å²) in [7, 11) is 1.71. The summed E-state index contributed by atoms with van der Waals surface area (Å²) in [6.07, 6.45) is -0.872. The number of benzene rings is 3. The van der Waals surface area contributed by atoms with Gasteiger partial charge in [0.25, 0.3) is 0 Å². The van der Waals surface area contributed by atoms with Crippen LogP contribution in [0.1, 0.15) is 48.1 Å². The number of nitrogens with two attached hydrogens (primary N) is 1. The van der Waals surface area contributed by atoms with E-state index in [0.717, 1.165) is 22.1 Å². The van der Waals surface area contributed by atoms with E-state index in [4.69, 9.17) is 15.9 Å². The fraction of sp³-hybridized carbons (Fsp3) is 0.333. The Kier molecular flexibility index (Phi) is 10.8. The maximum atomic E-state index is 12.9. The fourth-order valence-corrected chi connectivity index (χ4v) is 5.38. The number of piperazine rings is 1. The molecule has 3 amide bonds. The Morgan fingerprint density at radius 1 is 1.02 bits per heavy atom. The molecule has 0 spiro atoms. The molecule has 12 nitrogen and oxygen atoms in total. The average Bonchev–Trinajstić information content (AvgIpc) is 3.02. The lowest BCUT2D eigenvalue weighted by molar-refractivity contribution is -0.117. The predicted octanol–water partition coefficient (Wildman–Crippen LogP) is 3.91. The van der Waals surface area contributed by atoms with Gasteiger partial charge in [-0.05, 0) is 47.9 Å².